The minimum atomic E-state index is 0.510. The van der Waals surface area contributed by atoms with Crippen molar-refractivity contribution in [3.05, 3.63) is 12.3 Å². The molecule has 1 nitrogen and oxygen atoms in total. The van der Waals surface area contributed by atoms with E-state index in [2.05, 4.69) is 5.92 Å². The Morgan fingerprint density at radius 2 is 2.50 bits per heavy atom. The van der Waals surface area contributed by atoms with E-state index in [4.69, 9.17) is 11.5 Å². The van der Waals surface area contributed by atoms with E-state index >= 15 is 0 Å². The zero-order chi connectivity index (χ0) is 4.83. The van der Waals surface area contributed by atoms with Gasteiger partial charge in [-0.15, -0.1) is 12.3 Å². The van der Waals surface area contributed by atoms with E-state index in [-0.39, 0.29) is 0 Å². The van der Waals surface area contributed by atoms with E-state index < -0.39 is 0 Å². The molecule has 0 aliphatic heterocycles. The monoisotopic (exact) mass is 82.0 g/mol. The predicted molar refractivity (Wildman–Crippen MR) is 25.2 cm³/mol. The average molecular weight is 82.1 g/mol. The Morgan fingerprint density at radius 3 is 2.67 bits per heavy atom. The first kappa shape index (κ1) is 5.10. The molecule has 32 valence electrons. The number of aliphatic hydroxyl groups is 1. The van der Waals surface area contributed by atoms with Gasteiger partial charge >= 0.3 is 0 Å². The molecular weight excluding hydrogens is 76.1 g/mol. The van der Waals surface area contributed by atoms with Crippen molar-refractivity contribution in [2.24, 2.45) is 0 Å². The summed E-state index contributed by atoms with van der Waals surface area (Å²) in [5.41, 5.74) is 0. The standard InChI is InChI=1S/C5H6O/c1-2-3-4-5-6/h1,4-6H,3H2. The largest absolute Gasteiger partial charge is 0.516 e. The fraction of sp³-hybridized carbons (Fsp3) is 0.200. The van der Waals surface area contributed by atoms with Crippen LogP contribution in [0.25, 0.3) is 0 Å². The minimum absolute atomic E-state index is 0.510. The topological polar surface area (TPSA) is 20.2 Å². The maximum Gasteiger partial charge on any atom is 0.0761 e. The van der Waals surface area contributed by atoms with Gasteiger partial charge in [-0.2, -0.15) is 0 Å². The lowest BCUT2D eigenvalue weighted by Crippen LogP contribution is -1.52. The summed E-state index contributed by atoms with van der Waals surface area (Å²) < 4.78 is 0. The highest BCUT2D eigenvalue weighted by atomic mass is 16.2. The Balaban J connectivity index is 2.92. The quantitative estimate of drug-likeness (QED) is 0.370. The van der Waals surface area contributed by atoms with Crippen molar-refractivity contribution in [3.8, 4) is 12.3 Å². The van der Waals surface area contributed by atoms with E-state index in [9.17, 15) is 0 Å². The molecule has 0 radical (unpaired) electrons. The lowest BCUT2D eigenvalue weighted by molar-refractivity contribution is 0.472. The molecule has 0 spiro atoms. The van der Waals surface area contributed by atoms with Crippen LogP contribution >= 0.6 is 0 Å². The third-order valence-electron chi connectivity index (χ3n) is 0.341. The lowest BCUT2D eigenvalue weighted by Gasteiger charge is -1.66. The van der Waals surface area contributed by atoms with E-state index in [1.807, 2.05) is 0 Å². The van der Waals surface area contributed by atoms with E-state index in [0.29, 0.717) is 6.42 Å². The summed E-state index contributed by atoms with van der Waals surface area (Å²) in [6, 6.07) is 0. The van der Waals surface area contributed by atoms with Gasteiger partial charge in [-0.05, 0) is 6.08 Å². The fourth-order valence-corrected chi connectivity index (χ4v) is 0.121. The summed E-state index contributed by atoms with van der Waals surface area (Å²) >= 11 is 0. The van der Waals surface area contributed by atoms with Crippen LogP contribution in [0.2, 0.25) is 0 Å². The first-order chi connectivity index (χ1) is 2.91. The molecule has 6 heavy (non-hydrogen) atoms. The lowest BCUT2D eigenvalue weighted by atomic mass is 10.4. The molecule has 0 aromatic heterocycles. The van der Waals surface area contributed by atoms with Gasteiger partial charge in [-0.1, -0.05) is 0 Å². The molecule has 0 atom stereocenters. The van der Waals surface area contributed by atoms with Crippen LogP contribution in [0.5, 0.6) is 0 Å². The first-order valence-corrected chi connectivity index (χ1v) is 1.64. The Kier molecular flexibility index (Phi) is 3.48. The second-order valence-corrected chi connectivity index (χ2v) is 0.793. The number of terminal acetylenes is 1. The summed E-state index contributed by atoms with van der Waals surface area (Å²) in [6.07, 6.45) is 7.76. The normalized spacial score (nSPS) is 8.50. The van der Waals surface area contributed by atoms with Crippen molar-refractivity contribution >= 4 is 0 Å². The first-order valence-electron chi connectivity index (χ1n) is 1.64. The van der Waals surface area contributed by atoms with Crippen molar-refractivity contribution in [3.63, 3.8) is 0 Å². The summed E-state index contributed by atoms with van der Waals surface area (Å²) in [6.45, 7) is 0. The third kappa shape index (κ3) is 3.10. The molecule has 0 unspecified atom stereocenters. The minimum Gasteiger partial charge on any atom is -0.516 e. The van der Waals surface area contributed by atoms with Crippen LogP contribution in [0.15, 0.2) is 12.3 Å². The van der Waals surface area contributed by atoms with Crippen molar-refractivity contribution in [2.75, 3.05) is 0 Å². The van der Waals surface area contributed by atoms with Gasteiger partial charge in [0.25, 0.3) is 0 Å². The zero-order valence-electron chi connectivity index (χ0n) is 3.39. The highest BCUT2D eigenvalue weighted by molar-refractivity contribution is 4.93. The van der Waals surface area contributed by atoms with Crippen LogP contribution in [0.1, 0.15) is 6.42 Å². The van der Waals surface area contributed by atoms with Crippen LogP contribution in [0.4, 0.5) is 0 Å². The highest BCUT2D eigenvalue weighted by Gasteiger charge is 1.58. The second kappa shape index (κ2) is 4.10. The van der Waals surface area contributed by atoms with Crippen LogP contribution in [-0.4, -0.2) is 5.11 Å². The Morgan fingerprint density at radius 1 is 1.83 bits per heavy atom. The van der Waals surface area contributed by atoms with Crippen molar-refractivity contribution in [2.45, 2.75) is 6.42 Å². The summed E-state index contributed by atoms with van der Waals surface area (Å²) in [4.78, 5) is 0. The van der Waals surface area contributed by atoms with Gasteiger partial charge in [0.1, 0.15) is 0 Å². The van der Waals surface area contributed by atoms with Gasteiger partial charge in [0, 0.05) is 6.42 Å². The molecule has 0 aromatic rings. The van der Waals surface area contributed by atoms with Gasteiger partial charge in [-0.3, -0.25) is 0 Å². The van der Waals surface area contributed by atoms with Crippen LogP contribution in [-0.2, 0) is 0 Å². The maximum absolute atomic E-state index is 7.92. The summed E-state index contributed by atoms with van der Waals surface area (Å²) in [5, 5.41) is 7.92. The van der Waals surface area contributed by atoms with Gasteiger partial charge in [-0.25, -0.2) is 0 Å². The maximum atomic E-state index is 7.92. The molecule has 1 N–H and O–H groups in total. The molecule has 0 aromatic carbocycles. The van der Waals surface area contributed by atoms with Crippen LogP contribution in [0, 0.1) is 12.3 Å². The fourth-order valence-electron chi connectivity index (χ4n) is 0.121. The number of hydrogen-bond acceptors (Lipinski definition) is 1. The summed E-state index contributed by atoms with van der Waals surface area (Å²) in [5.74, 6) is 2.32. The molecule has 1 heteroatoms. The van der Waals surface area contributed by atoms with Crippen LogP contribution in [0.3, 0.4) is 0 Å². The second-order valence-electron chi connectivity index (χ2n) is 0.793. The highest BCUT2D eigenvalue weighted by Crippen LogP contribution is 1.72. The molecule has 0 fully saturated rings. The molecule has 0 aliphatic rings. The number of aliphatic hydroxyl groups excluding tert-OH is 1. The third-order valence-corrected chi connectivity index (χ3v) is 0.341. The molecule has 0 amide bonds. The van der Waals surface area contributed by atoms with E-state index in [1.165, 1.54) is 6.08 Å². The number of allylic oxidation sites excluding steroid dienone is 1. The number of hydrogen-bond donors (Lipinski definition) is 1. The van der Waals surface area contributed by atoms with Crippen LogP contribution < -0.4 is 0 Å². The molecule has 0 heterocycles. The van der Waals surface area contributed by atoms with Gasteiger partial charge in [0.2, 0.25) is 0 Å². The molecule has 0 aliphatic carbocycles. The van der Waals surface area contributed by atoms with E-state index in [0.717, 1.165) is 6.26 Å². The van der Waals surface area contributed by atoms with Crippen molar-refractivity contribution in [1.29, 1.82) is 0 Å². The van der Waals surface area contributed by atoms with Crippen molar-refractivity contribution < 1.29 is 5.11 Å². The van der Waals surface area contributed by atoms with Crippen molar-refractivity contribution in [1.82, 2.24) is 0 Å². The Hall–Kier alpha value is -0.900. The molecule has 0 saturated heterocycles. The smallest absolute Gasteiger partial charge is 0.0761 e. The molecule has 0 bridgehead atoms. The van der Waals surface area contributed by atoms with Gasteiger partial charge in [0.05, 0.1) is 6.26 Å². The van der Waals surface area contributed by atoms with Gasteiger partial charge in [0.15, 0.2) is 0 Å². The van der Waals surface area contributed by atoms with E-state index in [1.54, 1.807) is 0 Å². The average Bonchev–Trinajstić information content (AvgIpc) is 1.61. The SMILES string of the molecule is C#CCC=CO. The molecular formula is C5H6O. The molecule has 0 saturated carbocycles. The zero-order valence-corrected chi connectivity index (χ0v) is 3.39. The molecule has 0 rings (SSSR count). The Labute approximate surface area is 37.3 Å². The summed E-state index contributed by atoms with van der Waals surface area (Å²) in [7, 11) is 0. The number of rotatable bonds is 1. The van der Waals surface area contributed by atoms with Gasteiger partial charge < -0.3 is 5.11 Å². The predicted octanol–water partition coefficient (Wildman–Crippen LogP) is 1.08. The Bertz CT molecular complexity index is 76.4.